The van der Waals surface area contributed by atoms with Crippen molar-refractivity contribution in [3.63, 3.8) is 0 Å². The number of aromatic hydroxyl groups is 1. The number of phenols is 1. The molecule has 1 amide bonds. The summed E-state index contributed by atoms with van der Waals surface area (Å²) in [6.45, 7) is 3.56. The maximum Gasteiger partial charge on any atom is 0.295 e. The number of Topliss-reactive ketones (excluding diaryl/α,β-unsaturated/α-hetero) is 1. The van der Waals surface area contributed by atoms with E-state index in [1.807, 2.05) is 10.8 Å². The molecule has 0 bridgehead atoms. The van der Waals surface area contributed by atoms with Crippen LogP contribution in [0.3, 0.4) is 0 Å². The number of benzene rings is 2. The Labute approximate surface area is 204 Å². The molecule has 1 saturated heterocycles. The zero-order valence-corrected chi connectivity index (χ0v) is 19.6. The van der Waals surface area contributed by atoms with E-state index in [4.69, 9.17) is 4.74 Å². The maximum atomic E-state index is 13.2. The average molecular weight is 476 g/mol. The number of amides is 1. The highest BCUT2D eigenvalue weighted by Crippen LogP contribution is 2.40. The number of carbonyl (C=O) groups is 2. The summed E-state index contributed by atoms with van der Waals surface area (Å²) in [5.41, 5.74) is 1.05. The average Bonchev–Trinajstić information content (AvgIpc) is 3.47. The van der Waals surface area contributed by atoms with Gasteiger partial charge in [0, 0.05) is 31.0 Å². The predicted octanol–water partition coefficient (Wildman–Crippen LogP) is 4.28. The van der Waals surface area contributed by atoms with Gasteiger partial charge in [0.1, 0.15) is 17.3 Å². The largest absolute Gasteiger partial charge is 0.508 e. The summed E-state index contributed by atoms with van der Waals surface area (Å²) in [7, 11) is 0. The van der Waals surface area contributed by atoms with Gasteiger partial charge in [-0.05, 0) is 42.7 Å². The summed E-state index contributed by atoms with van der Waals surface area (Å²) >= 11 is 0. The number of nitrogens with zero attached hydrogens (tertiary/aromatic N) is 3. The number of ether oxygens (including phenoxy) is 1. The van der Waals surface area contributed by atoms with Gasteiger partial charge in [0.15, 0.2) is 0 Å². The number of carbonyl (C=O) groups excluding carboxylic acids is 2. The normalized spacial score (nSPS) is 17.2. The Bertz CT molecular complexity index is 1200. The van der Waals surface area contributed by atoms with Crippen molar-refractivity contribution in [2.45, 2.75) is 38.8 Å². The lowest BCUT2D eigenvalue weighted by atomic mass is 9.95. The Morgan fingerprint density at radius 1 is 1.09 bits per heavy atom. The number of imidazole rings is 1. The molecule has 1 fully saturated rings. The van der Waals surface area contributed by atoms with E-state index < -0.39 is 17.7 Å². The van der Waals surface area contributed by atoms with Crippen molar-refractivity contribution < 1.29 is 24.5 Å². The fourth-order valence-electron chi connectivity index (χ4n) is 4.18. The molecule has 182 valence electrons. The maximum absolute atomic E-state index is 13.2. The summed E-state index contributed by atoms with van der Waals surface area (Å²) < 4.78 is 7.65. The van der Waals surface area contributed by atoms with Gasteiger partial charge >= 0.3 is 0 Å². The second kappa shape index (κ2) is 10.9. The number of phenolic OH excluding ortho intramolecular Hbond substituents is 1. The molecule has 1 aliphatic heterocycles. The van der Waals surface area contributed by atoms with Crippen molar-refractivity contribution in [1.82, 2.24) is 14.5 Å². The van der Waals surface area contributed by atoms with Crippen LogP contribution in [0.5, 0.6) is 11.5 Å². The molecule has 2 aromatic carbocycles. The summed E-state index contributed by atoms with van der Waals surface area (Å²) in [5, 5.41) is 21.0. The molecule has 0 saturated carbocycles. The number of aliphatic hydroxyl groups is 1. The first-order chi connectivity index (χ1) is 17.0. The molecule has 2 N–H and O–H groups in total. The lowest BCUT2D eigenvalue weighted by Gasteiger charge is -2.25. The third-order valence-electron chi connectivity index (χ3n) is 6.00. The van der Waals surface area contributed by atoms with Gasteiger partial charge in [-0.25, -0.2) is 4.98 Å². The van der Waals surface area contributed by atoms with Gasteiger partial charge in [-0.15, -0.1) is 0 Å². The molecule has 0 radical (unpaired) electrons. The highest BCUT2D eigenvalue weighted by atomic mass is 16.5. The molecule has 0 aliphatic carbocycles. The van der Waals surface area contributed by atoms with Gasteiger partial charge in [0.2, 0.25) is 0 Å². The summed E-state index contributed by atoms with van der Waals surface area (Å²) in [6, 6.07) is 12.4. The summed E-state index contributed by atoms with van der Waals surface area (Å²) in [5.74, 6) is -0.994. The van der Waals surface area contributed by atoms with Crippen LogP contribution in [-0.4, -0.2) is 49.5 Å². The van der Waals surface area contributed by atoms with Crippen LogP contribution >= 0.6 is 0 Å². The number of aliphatic hydroxyl groups excluding tert-OH is 1. The lowest BCUT2D eigenvalue weighted by molar-refractivity contribution is -0.139. The number of ketones is 1. The first kappa shape index (κ1) is 24.1. The number of aromatic nitrogens is 2. The number of hydrogen-bond donors (Lipinski definition) is 2. The monoisotopic (exact) mass is 475 g/mol. The Morgan fingerprint density at radius 2 is 1.89 bits per heavy atom. The first-order valence-corrected chi connectivity index (χ1v) is 11.8. The van der Waals surface area contributed by atoms with Gasteiger partial charge in [-0.3, -0.25) is 9.59 Å². The topological polar surface area (TPSA) is 105 Å². The van der Waals surface area contributed by atoms with Gasteiger partial charge in [-0.1, -0.05) is 37.6 Å². The van der Waals surface area contributed by atoms with Crippen LogP contribution in [-0.2, 0) is 16.1 Å². The Hall–Kier alpha value is -4.07. The zero-order valence-electron chi connectivity index (χ0n) is 19.6. The minimum atomic E-state index is -0.775. The third kappa shape index (κ3) is 5.37. The smallest absolute Gasteiger partial charge is 0.295 e. The van der Waals surface area contributed by atoms with E-state index in [1.54, 1.807) is 48.9 Å². The summed E-state index contributed by atoms with van der Waals surface area (Å²) in [6.07, 6.45) is 7.71. The Balaban J connectivity index is 1.68. The van der Waals surface area contributed by atoms with Crippen LogP contribution in [0.2, 0.25) is 0 Å². The van der Waals surface area contributed by atoms with Crippen molar-refractivity contribution >= 4 is 17.4 Å². The number of aryl methyl sites for hydroxylation is 1. The zero-order chi connectivity index (χ0) is 24.8. The van der Waals surface area contributed by atoms with Crippen molar-refractivity contribution in [2.75, 3.05) is 13.2 Å². The third-order valence-corrected chi connectivity index (χ3v) is 6.00. The fourth-order valence-corrected chi connectivity index (χ4v) is 4.18. The van der Waals surface area contributed by atoms with Gasteiger partial charge in [0.05, 0.1) is 24.5 Å². The van der Waals surface area contributed by atoms with E-state index in [9.17, 15) is 19.8 Å². The van der Waals surface area contributed by atoms with E-state index >= 15 is 0 Å². The van der Waals surface area contributed by atoms with E-state index in [0.717, 1.165) is 12.8 Å². The molecule has 1 atom stereocenters. The number of unbranched alkanes of at least 4 members (excludes halogenated alkanes) is 1. The molecule has 35 heavy (non-hydrogen) atoms. The predicted molar refractivity (Wildman–Crippen MR) is 131 cm³/mol. The second-order valence-electron chi connectivity index (χ2n) is 8.47. The van der Waals surface area contributed by atoms with Crippen LogP contribution in [0.25, 0.3) is 5.76 Å². The van der Waals surface area contributed by atoms with Crippen molar-refractivity contribution in [3.05, 3.63) is 84.0 Å². The van der Waals surface area contributed by atoms with Crippen LogP contribution in [0, 0.1) is 0 Å². The molecular weight excluding hydrogens is 446 g/mol. The molecule has 1 aliphatic rings. The number of rotatable bonds is 10. The Kier molecular flexibility index (Phi) is 7.50. The van der Waals surface area contributed by atoms with Crippen molar-refractivity contribution in [2.24, 2.45) is 0 Å². The van der Waals surface area contributed by atoms with Crippen LogP contribution < -0.4 is 4.74 Å². The lowest BCUT2D eigenvalue weighted by Crippen LogP contribution is -2.31. The molecule has 3 aromatic rings. The van der Waals surface area contributed by atoms with Crippen LogP contribution in [0.1, 0.15) is 43.4 Å². The van der Waals surface area contributed by atoms with Crippen LogP contribution in [0.4, 0.5) is 0 Å². The first-order valence-electron chi connectivity index (χ1n) is 11.8. The van der Waals surface area contributed by atoms with Gasteiger partial charge in [0.25, 0.3) is 11.7 Å². The van der Waals surface area contributed by atoms with Gasteiger partial charge < -0.3 is 24.4 Å². The van der Waals surface area contributed by atoms with Crippen molar-refractivity contribution in [1.29, 1.82) is 0 Å². The highest BCUT2D eigenvalue weighted by molar-refractivity contribution is 6.46. The molecule has 4 rings (SSSR count). The summed E-state index contributed by atoms with van der Waals surface area (Å²) in [4.78, 5) is 31.7. The number of likely N-dealkylation sites (tertiary alicyclic amines) is 1. The van der Waals surface area contributed by atoms with E-state index in [0.29, 0.717) is 43.0 Å². The second-order valence-corrected chi connectivity index (χ2v) is 8.47. The van der Waals surface area contributed by atoms with Crippen LogP contribution in [0.15, 0.2) is 72.8 Å². The SMILES string of the molecule is CCCCOc1cccc(/C(O)=C2\C(=O)C(=O)N(CCCn3ccnc3)C2c2ccc(O)cc2)c1. The fraction of sp³-hybridized carbons (Fsp3) is 0.296. The highest BCUT2D eigenvalue weighted by Gasteiger charge is 2.45. The minimum absolute atomic E-state index is 0.0222. The molecule has 2 heterocycles. The number of hydrogen-bond acceptors (Lipinski definition) is 6. The standard InChI is InChI=1S/C27H29N3O5/c1-2-3-16-35-22-7-4-6-20(17-22)25(32)23-24(19-8-10-21(31)11-9-19)30(27(34)26(23)33)14-5-13-29-15-12-28-18-29/h4,6-12,15,17-18,24,31-32H,2-3,5,13-14,16H2,1H3/b25-23+. The minimum Gasteiger partial charge on any atom is -0.508 e. The van der Waals surface area contributed by atoms with E-state index in [-0.39, 0.29) is 17.1 Å². The molecule has 1 unspecified atom stereocenters. The van der Waals surface area contributed by atoms with E-state index in [1.165, 1.54) is 17.0 Å². The van der Waals surface area contributed by atoms with Gasteiger partial charge in [-0.2, -0.15) is 0 Å². The molecule has 0 spiro atoms. The molecule has 8 nitrogen and oxygen atoms in total. The van der Waals surface area contributed by atoms with E-state index in [2.05, 4.69) is 11.9 Å². The molecule has 8 heteroatoms. The molecule has 1 aromatic heterocycles. The molecular formula is C27H29N3O5. The quantitative estimate of drug-likeness (QED) is 0.196. The van der Waals surface area contributed by atoms with Crippen molar-refractivity contribution in [3.8, 4) is 11.5 Å². The Morgan fingerprint density at radius 3 is 2.60 bits per heavy atom.